The zero-order chi connectivity index (χ0) is 13.7. The second-order valence-electron chi connectivity index (χ2n) is 4.61. The molecule has 0 aliphatic carbocycles. The maximum absolute atomic E-state index is 4.24. The smallest absolute Gasteiger partial charge is 0.313 e. The minimum absolute atomic E-state index is 0. The van der Waals surface area contributed by atoms with Crippen LogP contribution in [0.4, 0.5) is 0 Å². The fourth-order valence-electron chi connectivity index (χ4n) is 1.83. The van der Waals surface area contributed by atoms with E-state index < -0.39 is 0 Å². The third-order valence-electron chi connectivity index (χ3n) is 3.13. The molecule has 0 spiro atoms. The van der Waals surface area contributed by atoms with Crippen molar-refractivity contribution in [3.05, 3.63) is 30.1 Å². The van der Waals surface area contributed by atoms with Crippen LogP contribution in [0.1, 0.15) is 12.6 Å². The Morgan fingerprint density at radius 1 is 1.20 bits per heavy atom. The van der Waals surface area contributed by atoms with E-state index in [-0.39, 0.29) is 17.1 Å². The van der Waals surface area contributed by atoms with E-state index in [9.17, 15) is 0 Å². The molecule has 1 aromatic rings. The maximum Gasteiger partial charge on any atom is 2.00 e. The molecule has 0 bridgehead atoms. The van der Waals surface area contributed by atoms with Crippen molar-refractivity contribution in [3.8, 4) is 0 Å². The summed E-state index contributed by atoms with van der Waals surface area (Å²) in [5.41, 5.74) is 1.66. The first kappa shape index (κ1) is 17.2. The van der Waals surface area contributed by atoms with E-state index in [2.05, 4.69) is 44.7 Å². The average Bonchev–Trinajstić information content (AvgIpc) is 2.46. The minimum Gasteiger partial charge on any atom is -0.313 e. The van der Waals surface area contributed by atoms with Gasteiger partial charge in [-0.25, -0.2) is 0 Å². The summed E-state index contributed by atoms with van der Waals surface area (Å²) in [6, 6.07) is 5.76. The molecule has 0 atom stereocenters. The van der Waals surface area contributed by atoms with E-state index in [1.54, 1.807) is 6.20 Å². The van der Waals surface area contributed by atoms with Crippen LogP contribution in [0.3, 0.4) is 0 Å². The largest absolute Gasteiger partial charge is 2.00 e. The summed E-state index contributed by atoms with van der Waals surface area (Å²) in [5, 5.41) is 9.24. The van der Waals surface area contributed by atoms with Crippen molar-refractivity contribution in [3.63, 3.8) is 0 Å². The summed E-state index contributed by atoms with van der Waals surface area (Å²) in [7, 11) is 2.13. The van der Waals surface area contributed by atoms with Gasteiger partial charge in [-0.2, -0.15) is 0 Å². The molecule has 1 saturated heterocycles. The zero-order valence-electron chi connectivity index (χ0n) is 11.7. The van der Waals surface area contributed by atoms with E-state index in [0.29, 0.717) is 0 Å². The molecule has 1 aliphatic heterocycles. The van der Waals surface area contributed by atoms with Crippen LogP contribution < -0.4 is 0 Å². The summed E-state index contributed by atoms with van der Waals surface area (Å²) >= 11 is 3.54. The van der Waals surface area contributed by atoms with Crippen molar-refractivity contribution in [2.24, 2.45) is 10.2 Å². The van der Waals surface area contributed by atoms with Crippen molar-refractivity contribution in [1.29, 1.82) is 0 Å². The van der Waals surface area contributed by atoms with Crippen LogP contribution in [0.2, 0.25) is 0 Å². The number of hydrogen-bond donors (Lipinski definition) is 0. The molecule has 1 aliphatic rings. The predicted molar refractivity (Wildman–Crippen MR) is 83.1 cm³/mol. The quantitative estimate of drug-likeness (QED) is 0.257. The summed E-state index contributed by atoms with van der Waals surface area (Å²) < 4.78 is 0. The Morgan fingerprint density at radius 3 is 2.50 bits per heavy atom. The summed E-state index contributed by atoms with van der Waals surface area (Å²) in [6.45, 7) is 5.95. The number of nitrogens with zero attached hydrogens (tertiary/aromatic N) is 5. The van der Waals surface area contributed by atoms with Crippen LogP contribution in [-0.4, -0.2) is 58.9 Å². The molecule has 0 amide bonds. The van der Waals surface area contributed by atoms with E-state index in [0.717, 1.165) is 42.8 Å². The average molecular weight is 342 g/mol. The van der Waals surface area contributed by atoms with E-state index in [4.69, 9.17) is 0 Å². The molecule has 1 fully saturated rings. The Bertz CT molecular complexity index is 469. The van der Waals surface area contributed by atoms with Crippen LogP contribution in [-0.2, 0) is 29.7 Å². The number of amidine groups is 1. The summed E-state index contributed by atoms with van der Waals surface area (Å²) in [5.74, 6) is 0. The van der Waals surface area contributed by atoms with Crippen molar-refractivity contribution in [2.75, 3.05) is 33.2 Å². The third kappa shape index (κ3) is 4.90. The van der Waals surface area contributed by atoms with Crippen LogP contribution in [0.5, 0.6) is 0 Å². The van der Waals surface area contributed by atoms with Gasteiger partial charge in [0.2, 0.25) is 0 Å². The molecule has 0 N–H and O–H groups in total. The topological polar surface area (TPSA) is 44.1 Å². The Kier molecular flexibility index (Phi) is 7.23. The number of piperazine rings is 1. The van der Waals surface area contributed by atoms with Crippen molar-refractivity contribution < 1.29 is 17.1 Å². The van der Waals surface area contributed by atoms with Crippen molar-refractivity contribution in [2.45, 2.75) is 6.92 Å². The Balaban J connectivity index is 0.00000200. The molecule has 0 unspecified atom stereocenters. The monoisotopic (exact) mass is 341 g/mol. The molecular weight excluding hydrogens is 322 g/mol. The number of hydrogen-bond acceptors (Lipinski definition) is 4. The molecule has 20 heavy (non-hydrogen) atoms. The van der Waals surface area contributed by atoms with Crippen molar-refractivity contribution in [1.82, 2.24) is 14.8 Å². The van der Waals surface area contributed by atoms with Crippen molar-refractivity contribution >= 4 is 23.5 Å². The van der Waals surface area contributed by atoms with E-state index >= 15 is 0 Å². The zero-order valence-corrected chi connectivity index (χ0v) is 13.6. The summed E-state index contributed by atoms with van der Waals surface area (Å²) in [6.07, 6.45) is 1.76. The minimum atomic E-state index is 0. The Labute approximate surface area is 136 Å². The molecule has 2 rings (SSSR count). The first-order valence-corrected chi connectivity index (χ1v) is 6.85. The second kappa shape index (κ2) is 8.42. The number of rotatable bonds is 2. The van der Waals surface area contributed by atoms with Gasteiger partial charge in [-0.1, -0.05) is 11.2 Å². The molecule has 5 nitrogen and oxygen atoms in total. The molecule has 2 heterocycles. The van der Waals surface area contributed by atoms with E-state index in [1.807, 2.05) is 25.1 Å². The molecule has 111 valence electrons. The predicted octanol–water partition coefficient (Wildman–Crippen LogP) is 0.418. The molecule has 1 radical (unpaired) electrons. The van der Waals surface area contributed by atoms with Gasteiger partial charge in [-0.15, -0.1) is 5.10 Å². The van der Waals surface area contributed by atoms with Crippen LogP contribution in [0.15, 0.2) is 34.6 Å². The van der Waals surface area contributed by atoms with Gasteiger partial charge in [0.15, 0.2) is 0 Å². The fraction of sp³-hybridized carbons (Fsp3) is 0.462. The number of aromatic nitrogens is 1. The van der Waals surface area contributed by atoms with Gasteiger partial charge >= 0.3 is 22.2 Å². The molecule has 1 aromatic heterocycles. The third-order valence-corrected chi connectivity index (χ3v) is 3.55. The second-order valence-corrected chi connectivity index (χ2v) is 5.06. The standard InChI is InChI=1S/C13H19N5S.Cu/c1-11(12-5-3-4-6-14-12)15-16-13(19)18-9-7-17(2)8-10-18;/h3-6H,7-10H2,1-2H3,(H,16,19);/q;+2/p+1. The molecule has 7 heteroatoms. The van der Waals surface area contributed by atoms with Gasteiger partial charge in [-0.3, -0.25) is 4.98 Å². The maximum atomic E-state index is 4.24. The fourth-order valence-corrected chi connectivity index (χ4v) is 2.11. The van der Waals surface area contributed by atoms with Gasteiger partial charge in [0.25, 0.3) is 0 Å². The van der Waals surface area contributed by atoms with Crippen LogP contribution in [0, 0.1) is 0 Å². The van der Waals surface area contributed by atoms with Gasteiger partial charge in [0.1, 0.15) is 0 Å². The molecule has 0 saturated carbocycles. The van der Waals surface area contributed by atoms with Gasteiger partial charge in [0.05, 0.1) is 11.4 Å². The Morgan fingerprint density at radius 2 is 1.90 bits per heavy atom. The molecule has 0 aromatic carbocycles. The van der Waals surface area contributed by atoms with Gasteiger partial charge in [0, 0.05) is 45.0 Å². The number of likely N-dealkylation sites (N-methyl/N-ethyl adjacent to an activating group) is 1. The van der Waals surface area contributed by atoms with Gasteiger partial charge < -0.3 is 9.80 Å². The summed E-state index contributed by atoms with van der Waals surface area (Å²) in [4.78, 5) is 8.73. The van der Waals surface area contributed by atoms with E-state index in [1.165, 1.54) is 0 Å². The first-order chi connectivity index (χ1) is 9.16. The SMILES string of the molecule is CC(=NN=C([SH2+])N1CCN(C)CC1)c1ccccn1.[Cu+2]. The number of pyridine rings is 1. The first-order valence-electron chi connectivity index (χ1n) is 6.35. The molecular formula is C13H20CuN5S+3. The Hall–Kier alpha value is -0.881. The normalized spacial score (nSPS) is 17.9. The van der Waals surface area contributed by atoms with Gasteiger partial charge in [-0.05, 0) is 26.1 Å². The van der Waals surface area contributed by atoms with Crippen LogP contribution >= 0.6 is 0 Å². The van der Waals surface area contributed by atoms with Crippen LogP contribution in [0.25, 0.3) is 0 Å².